The van der Waals surface area contributed by atoms with Crippen LogP contribution in [0.2, 0.25) is 10.0 Å². The molecule has 0 radical (unpaired) electrons. The number of para-hydroxylation sites is 1. The zero-order valence-corrected chi connectivity index (χ0v) is 14.3. The third-order valence-corrected chi connectivity index (χ3v) is 4.50. The van der Waals surface area contributed by atoms with Crippen molar-refractivity contribution in [3.63, 3.8) is 0 Å². The van der Waals surface area contributed by atoms with Crippen molar-refractivity contribution in [3.05, 3.63) is 70.7 Å². The largest absolute Gasteiger partial charge is 0.369 e. The molecule has 0 bridgehead atoms. The Morgan fingerprint density at radius 1 is 0.957 bits per heavy atom. The molecule has 0 aliphatic carbocycles. The summed E-state index contributed by atoms with van der Waals surface area (Å²) in [6.07, 6.45) is 0. The molecule has 120 valence electrons. The van der Waals surface area contributed by atoms with Crippen LogP contribution in [0.5, 0.6) is 0 Å². The van der Waals surface area contributed by atoms with Gasteiger partial charge in [-0.3, -0.25) is 0 Å². The fourth-order valence-corrected chi connectivity index (χ4v) is 3.22. The van der Waals surface area contributed by atoms with Gasteiger partial charge >= 0.3 is 0 Å². The molecule has 5 heteroatoms. The van der Waals surface area contributed by atoms with E-state index >= 15 is 0 Å². The second-order valence-corrected chi connectivity index (χ2v) is 6.37. The molecule has 0 atom stereocenters. The zero-order chi connectivity index (χ0) is 16.2. The summed E-state index contributed by atoms with van der Waals surface area (Å²) in [5.41, 5.74) is 6.29. The lowest BCUT2D eigenvalue weighted by atomic mass is 10.2. The van der Waals surface area contributed by atoms with Gasteiger partial charge in [0, 0.05) is 42.5 Å². The third-order valence-electron chi connectivity index (χ3n) is 3.95. The van der Waals surface area contributed by atoms with Crippen LogP contribution in [0.25, 0.3) is 5.70 Å². The van der Waals surface area contributed by atoms with Crippen LogP contribution in [0.3, 0.4) is 0 Å². The monoisotopic (exact) mass is 347 g/mol. The van der Waals surface area contributed by atoms with Crippen molar-refractivity contribution in [1.29, 1.82) is 0 Å². The van der Waals surface area contributed by atoms with Gasteiger partial charge in [0.25, 0.3) is 0 Å². The molecule has 1 saturated heterocycles. The maximum absolute atomic E-state index is 6.23. The van der Waals surface area contributed by atoms with Crippen molar-refractivity contribution in [2.24, 2.45) is 0 Å². The van der Waals surface area contributed by atoms with Crippen LogP contribution in [0.4, 0.5) is 5.69 Å². The van der Waals surface area contributed by atoms with Gasteiger partial charge in [-0.25, -0.2) is 5.01 Å². The Morgan fingerprint density at radius 3 is 2.30 bits per heavy atom. The van der Waals surface area contributed by atoms with Crippen molar-refractivity contribution in [2.75, 3.05) is 31.1 Å². The van der Waals surface area contributed by atoms with Crippen LogP contribution >= 0.6 is 23.2 Å². The number of nitrogens with zero attached hydrogens (tertiary/aromatic N) is 2. The topological polar surface area (TPSA) is 18.5 Å². The first-order chi connectivity index (χ1) is 11.1. The van der Waals surface area contributed by atoms with E-state index < -0.39 is 0 Å². The number of nitrogens with one attached hydrogen (secondary N) is 1. The van der Waals surface area contributed by atoms with Crippen molar-refractivity contribution in [1.82, 2.24) is 10.4 Å². The zero-order valence-electron chi connectivity index (χ0n) is 12.8. The highest BCUT2D eigenvalue weighted by Gasteiger charge is 2.18. The van der Waals surface area contributed by atoms with Crippen molar-refractivity contribution >= 4 is 34.6 Å². The van der Waals surface area contributed by atoms with Crippen LogP contribution in [0.1, 0.15) is 5.56 Å². The van der Waals surface area contributed by atoms with E-state index in [4.69, 9.17) is 23.2 Å². The summed E-state index contributed by atoms with van der Waals surface area (Å²) in [5.74, 6) is 0. The average Bonchev–Trinajstić information content (AvgIpc) is 2.56. The second-order valence-electron chi connectivity index (χ2n) is 5.52. The fraction of sp³-hybridized carbons (Fsp3) is 0.222. The quantitative estimate of drug-likeness (QED) is 0.889. The van der Waals surface area contributed by atoms with E-state index in [1.54, 1.807) is 6.07 Å². The molecule has 0 spiro atoms. The summed E-state index contributed by atoms with van der Waals surface area (Å²) in [5, 5.41) is 3.41. The Kier molecular flexibility index (Phi) is 5.11. The molecule has 0 aromatic heterocycles. The van der Waals surface area contributed by atoms with Crippen molar-refractivity contribution in [2.45, 2.75) is 0 Å². The highest BCUT2D eigenvalue weighted by atomic mass is 35.5. The van der Waals surface area contributed by atoms with Crippen LogP contribution in [0.15, 0.2) is 55.1 Å². The van der Waals surface area contributed by atoms with E-state index in [0.29, 0.717) is 10.0 Å². The average molecular weight is 348 g/mol. The highest BCUT2D eigenvalue weighted by molar-refractivity contribution is 6.35. The molecule has 23 heavy (non-hydrogen) atoms. The molecule has 1 aliphatic heterocycles. The van der Waals surface area contributed by atoms with E-state index in [1.807, 2.05) is 18.2 Å². The first-order valence-corrected chi connectivity index (χ1v) is 8.35. The van der Waals surface area contributed by atoms with E-state index in [1.165, 1.54) is 5.69 Å². The van der Waals surface area contributed by atoms with Crippen LogP contribution in [-0.4, -0.2) is 31.2 Å². The molecule has 1 N–H and O–H groups in total. The molecule has 2 aromatic carbocycles. The standard InChI is InChI=1S/C18H19Cl2N3/c1-14(17-8-7-15(19)13-18(17)20)21-23-11-9-22(10-12-23)16-5-3-2-4-6-16/h2-8,13,21H,1,9-12H2. The molecule has 3 nitrogen and oxygen atoms in total. The molecule has 1 fully saturated rings. The lowest BCUT2D eigenvalue weighted by molar-refractivity contribution is 0.215. The van der Waals surface area contributed by atoms with E-state index in [-0.39, 0.29) is 0 Å². The van der Waals surface area contributed by atoms with E-state index in [9.17, 15) is 0 Å². The Morgan fingerprint density at radius 2 is 1.65 bits per heavy atom. The van der Waals surface area contributed by atoms with Crippen molar-refractivity contribution < 1.29 is 0 Å². The summed E-state index contributed by atoms with van der Waals surface area (Å²) < 4.78 is 0. The minimum atomic E-state index is 0.609. The molecule has 0 unspecified atom stereocenters. The predicted molar refractivity (Wildman–Crippen MR) is 98.9 cm³/mol. The van der Waals surface area contributed by atoms with Crippen LogP contribution in [0, 0.1) is 0 Å². The van der Waals surface area contributed by atoms with Gasteiger partial charge in [0.1, 0.15) is 0 Å². The number of halogens is 2. The van der Waals surface area contributed by atoms with Gasteiger partial charge in [0.05, 0.1) is 10.7 Å². The van der Waals surface area contributed by atoms with Gasteiger partial charge in [-0.2, -0.15) is 0 Å². The number of hydrazine groups is 1. The number of hydrogen-bond acceptors (Lipinski definition) is 3. The number of hydrogen-bond donors (Lipinski definition) is 1. The van der Waals surface area contributed by atoms with Crippen molar-refractivity contribution in [3.8, 4) is 0 Å². The Balaban J connectivity index is 1.57. The third kappa shape index (κ3) is 3.99. The van der Waals surface area contributed by atoms with Gasteiger partial charge in [0.2, 0.25) is 0 Å². The van der Waals surface area contributed by atoms with Gasteiger partial charge in [-0.05, 0) is 30.3 Å². The Bertz CT molecular complexity index is 680. The van der Waals surface area contributed by atoms with Gasteiger partial charge in [0.15, 0.2) is 0 Å². The fourth-order valence-electron chi connectivity index (χ4n) is 2.70. The summed E-state index contributed by atoms with van der Waals surface area (Å²) in [6, 6.07) is 15.9. The lowest BCUT2D eigenvalue weighted by Gasteiger charge is -2.37. The summed E-state index contributed by atoms with van der Waals surface area (Å²) in [7, 11) is 0. The number of rotatable bonds is 4. The van der Waals surface area contributed by atoms with Gasteiger partial charge in [-0.15, -0.1) is 0 Å². The SMILES string of the molecule is C=C(NN1CCN(c2ccccc2)CC1)c1ccc(Cl)cc1Cl. The smallest absolute Gasteiger partial charge is 0.0514 e. The summed E-state index contributed by atoms with van der Waals surface area (Å²) >= 11 is 12.2. The maximum Gasteiger partial charge on any atom is 0.0514 e. The van der Waals surface area contributed by atoms with Gasteiger partial charge in [-0.1, -0.05) is 48.0 Å². The number of piperazine rings is 1. The first kappa shape index (κ1) is 16.2. The predicted octanol–water partition coefficient (Wildman–Crippen LogP) is 4.29. The molecule has 1 aliphatic rings. The molecule has 3 rings (SSSR count). The molecular formula is C18H19Cl2N3. The minimum Gasteiger partial charge on any atom is -0.369 e. The Hall–Kier alpha value is -1.68. The van der Waals surface area contributed by atoms with Crippen LogP contribution < -0.4 is 10.3 Å². The molecule has 2 aromatic rings. The first-order valence-electron chi connectivity index (χ1n) is 7.59. The highest BCUT2D eigenvalue weighted by Crippen LogP contribution is 2.25. The second kappa shape index (κ2) is 7.26. The molecular weight excluding hydrogens is 329 g/mol. The Labute approximate surface area is 147 Å². The molecule has 0 saturated carbocycles. The lowest BCUT2D eigenvalue weighted by Crippen LogP contribution is -2.51. The van der Waals surface area contributed by atoms with Crippen LogP contribution in [-0.2, 0) is 0 Å². The molecule has 0 amide bonds. The van der Waals surface area contributed by atoms with E-state index in [0.717, 1.165) is 37.4 Å². The van der Waals surface area contributed by atoms with E-state index in [2.05, 4.69) is 46.2 Å². The minimum absolute atomic E-state index is 0.609. The normalized spacial score (nSPS) is 15.5. The summed E-state index contributed by atoms with van der Waals surface area (Å²) in [4.78, 5) is 2.39. The molecule has 1 heterocycles. The maximum atomic E-state index is 6.23. The summed E-state index contributed by atoms with van der Waals surface area (Å²) in [6.45, 7) is 7.87. The van der Waals surface area contributed by atoms with Gasteiger partial charge < -0.3 is 10.3 Å². The number of benzene rings is 2. The number of anilines is 1.